The van der Waals surface area contributed by atoms with Crippen LogP contribution in [0.4, 0.5) is 61.7 Å². The molecule has 0 heterocycles. The van der Waals surface area contributed by atoms with Gasteiger partial charge in [0.15, 0.2) is 0 Å². The Kier molecular flexibility index (Phi) is 27.8. The highest BCUT2D eigenvalue weighted by Gasteiger charge is 2.26. The number of hydrogen-bond donors (Lipinski definition) is 10. The van der Waals surface area contributed by atoms with Crippen molar-refractivity contribution < 1.29 is 137 Å². The van der Waals surface area contributed by atoms with Gasteiger partial charge in [-0.25, -0.2) is 4.79 Å². The molecule has 0 radical (unpaired) electrons. The van der Waals surface area contributed by atoms with E-state index < -0.39 is 167 Å². The number of urea groups is 1. The molecule has 0 bridgehead atoms. The van der Waals surface area contributed by atoms with Crippen LogP contribution in [0.25, 0.3) is 0 Å². The minimum Gasteiger partial charge on any atom is -0.494 e. The van der Waals surface area contributed by atoms with Gasteiger partial charge in [-0.3, -0.25) is 31.9 Å². The lowest BCUT2D eigenvalue weighted by atomic mass is 10.1. The first-order chi connectivity index (χ1) is 47.8. The van der Waals surface area contributed by atoms with E-state index in [1.807, 2.05) is 0 Å². The maximum Gasteiger partial charge on any atom is 0.323 e. The molecule has 2 amide bonds. The van der Waals surface area contributed by atoms with Crippen molar-refractivity contribution in [2.24, 2.45) is 46.8 Å². The largest absolute Gasteiger partial charge is 0.494 e. The van der Waals surface area contributed by atoms with Crippen molar-refractivity contribution in [2.45, 2.75) is 59.1 Å². The highest BCUT2D eigenvalue weighted by Crippen LogP contribution is 2.45. The van der Waals surface area contributed by atoms with E-state index in [1.54, 1.807) is 0 Å². The zero-order valence-electron chi connectivity index (χ0n) is 53.4. The fraction of sp³-hybridized carbons (Fsp3) is 0.302. The van der Waals surface area contributed by atoms with E-state index in [9.17, 15) is 104 Å². The fourth-order valence-electron chi connectivity index (χ4n) is 8.28. The zero-order valence-corrected chi connectivity index (χ0v) is 59.9. The van der Waals surface area contributed by atoms with Crippen LogP contribution in [0.5, 0.6) is 34.5 Å². The normalized spacial score (nSPS) is 12.9. The fourth-order valence-corrected chi connectivity index (χ4v) is 12.8. The van der Waals surface area contributed by atoms with Crippen molar-refractivity contribution in [3.8, 4) is 34.5 Å². The standard InChI is InChI=1S/C53H61N11O31S8/c1-31-21-41(49(93-15-7-19-98(72,73)74)25-37(31)59-57-35-11-9-33(100(78,79)80)23-51(35)101(81,82)83)61-63-43-29-47(91-13-5-17-96(66,67)68)39(27-45(43)89-3)55-53(65)56-40-28-46(90-4)44(30-48(40)92-14-6-18-97(69,70)71)64-62-42-22-32(2)38(26-50(42)94-16-8-20-99(75,76)77)60-58-36-12-10-34(103(87,88)95-54)24-52(36)102(84,85)86/h9-12,21-30H,5-8,13-20,54H2,1-4H3,(H2,55,56,65)(H,66,67,68)(H,69,70,71)(H,72,73,74)(H,75,76,77)(H,78,79,80)(H,81,82,83)(H,84,85,86). The van der Waals surface area contributed by atoms with Gasteiger partial charge >= 0.3 is 16.1 Å². The van der Waals surface area contributed by atoms with Gasteiger partial charge in [-0.05, 0) is 99.2 Å². The SMILES string of the molecule is COc1cc(NC(=O)Nc2cc(OC)c(N=Nc3cc(C)c(N=Nc4ccc(S(=O)(=O)ON)cc4S(=O)(=O)O)cc3OCCCS(=O)(=O)O)cc2OCCCS(=O)(=O)O)c(OCCCS(=O)(=O)O)cc1N=Nc1cc(C)c(N=Nc2ccc(S(=O)(=O)O)cc2S(=O)(=O)O)cc1OCCCS(=O)(=O)O. The first kappa shape index (κ1) is 83.0. The number of nitrogens with zero attached hydrogens (tertiary/aromatic N) is 8. The van der Waals surface area contributed by atoms with Gasteiger partial charge in [-0.1, -0.05) is 0 Å². The molecule has 0 unspecified atom stereocenters. The van der Waals surface area contributed by atoms with Crippen molar-refractivity contribution in [1.29, 1.82) is 0 Å². The number of methoxy groups -OCH3 is 2. The Morgan fingerprint density at radius 2 is 0.660 bits per heavy atom. The molecule has 103 heavy (non-hydrogen) atoms. The Hall–Kier alpha value is -8.97. The minimum absolute atomic E-state index is 0.0929. The second-order valence-corrected chi connectivity index (χ2v) is 32.9. The average molecular weight is 1600 g/mol. The predicted octanol–water partition coefficient (Wildman–Crippen LogP) is 8.57. The smallest absolute Gasteiger partial charge is 0.323 e. The van der Waals surface area contributed by atoms with Gasteiger partial charge < -0.3 is 39.1 Å². The van der Waals surface area contributed by atoms with Gasteiger partial charge in [0.25, 0.3) is 70.8 Å². The van der Waals surface area contributed by atoms with Crippen LogP contribution in [0.15, 0.2) is 145 Å². The van der Waals surface area contributed by atoms with E-state index in [1.165, 1.54) is 52.3 Å². The summed E-state index contributed by atoms with van der Waals surface area (Å²) in [6.45, 7) is 1.15. The molecular weight excluding hydrogens is 1540 g/mol. The van der Waals surface area contributed by atoms with Crippen molar-refractivity contribution in [3.05, 3.63) is 96.1 Å². The third kappa shape index (κ3) is 26.0. The molecule has 6 aromatic carbocycles. The number of ether oxygens (including phenoxy) is 6. The van der Waals surface area contributed by atoms with Gasteiger partial charge in [0, 0.05) is 36.4 Å². The maximum absolute atomic E-state index is 14.2. The van der Waals surface area contributed by atoms with Crippen LogP contribution in [0.2, 0.25) is 0 Å². The number of nitrogens with one attached hydrogen (secondary N) is 2. The van der Waals surface area contributed by atoms with Crippen molar-refractivity contribution in [2.75, 3.05) is 74.3 Å². The minimum atomic E-state index is -5.20. The van der Waals surface area contributed by atoms with E-state index >= 15 is 0 Å². The Morgan fingerprint density at radius 1 is 0.369 bits per heavy atom. The van der Waals surface area contributed by atoms with Crippen molar-refractivity contribution >= 4 is 144 Å². The third-order valence-corrected chi connectivity index (χ3v) is 19.9. The monoisotopic (exact) mass is 1600 g/mol. The molecular formula is C53H61N11O31S8. The second kappa shape index (κ2) is 34.5. The van der Waals surface area contributed by atoms with Crippen LogP contribution in [-0.4, -0.2) is 169 Å². The molecule has 0 aliphatic rings. The summed E-state index contributed by atoms with van der Waals surface area (Å²) in [5, 5.41) is 37.8. The molecule has 50 heteroatoms. The molecule has 0 spiro atoms. The average Bonchev–Trinajstić information content (AvgIpc) is 0.812. The first-order valence-corrected chi connectivity index (χ1v) is 40.6. The summed E-state index contributed by atoms with van der Waals surface area (Å²) in [4.78, 5) is 10.4. The summed E-state index contributed by atoms with van der Waals surface area (Å²) in [6.07, 6.45) is -1.27. The number of anilines is 2. The highest BCUT2D eigenvalue weighted by atomic mass is 32.2. The maximum atomic E-state index is 14.2. The van der Waals surface area contributed by atoms with Crippen LogP contribution in [-0.2, 0) is 85.2 Å². The number of carbonyl (C=O) groups excluding carboxylic acids is 1. The van der Waals surface area contributed by atoms with E-state index in [0.29, 0.717) is 12.1 Å². The number of carbonyl (C=O) groups is 1. The summed E-state index contributed by atoms with van der Waals surface area (Å²) in [5.41, 5.74) is -2.12. The number of aryl methyl sites for hydroxylation is 2. The number of nitrogens with two attached hydrogens (primary N) is 1. The van der Waals surface area contributed by atoms with Gasteiger partial charge in [-0.15, -0.1) is 30.7 Å². The summed E-state index contributed by atoms with van der Waals surface area (Å²) in [5.74, 6) is 0.357. The van der Waals surface area contributed by atoms with Gasteiger partial charge in [0.05, 0.1) is 96.2 Å². The van der Waals surface area contributed by atoms with Crippen LogP contribution in [0.1, 0.15) is 36.8 Å². The molecule has 11 N–H and O–H groups in total. The molecule has 6 rings (SSSR count). The van der Waals surface area contributed by atoms with Crippen LogP contribution in [0.3, 0.4) is 0 Å². The first-order valence-electron chi connectivity index (χ1n) is 28.4. The topological polar surface area (TPSA) is 645 Å². The van der Waals surface area contributed by atoms with E-state index in [0.717, 1.165) is 48.5 Å². The van der Waals surface area contributed by atoms with Crippen LogP contribution >= 0.6 is 0 Å². The lowest BCUT2D eigenvalue weighted by molar-refractivity contribution is 0.261. The van der Waals surface area contributed by atoms with Gasteiger partial charge in [0.2, 0.25) is 0 Å². The summed E-state index contributed by atoms with van der Waals surface area (Å²) in [6, 6.07) is 12.6. The summed E-state index contributed by atoms with van der Waals surface area (Å²) >= 11 is 0. The Labute approximate surface area is 587 Å². The highest BCUT2D eigenvalue weighted by molar-refractivity contribution is 7.88. The number of rotatable bonds is 37. The lowest BCUT2D eigenvalue weighted by Crippen LogP contribution is -2.21. The Bertz CT molecular complexity index is 5300. The molecule has 0 atom stereocenters. The van der Waals surface area contributed by atoms with E-state index in [2.05, 4.69) is 55.8 Å². The lowest BCUT2D eigenvalue weighted by Gasteiger charge is -2.18. The number of benzene rings is 6. The van der Waals surface area contributed by atoms with Crippen molar-refractivity contribution in [3.63, 3.8) is 0 Å². The quantitative estimate of drug-likeness (QED) is 0.00755. The summed E-state index contributed by atoms with van der Waals surface area (Å²) < 4.78 is 295. The molecule has 42 nitrogen and oxygen atoms in total. The van der Waals surface area contributed by atoms with Gasteiger partial charge in [0.1, 0.15) is 78.4 Å². The van der Waals surface area contributed by atoms with E-state index in [4.69, 9.17) is 34.3 Å². The predicted molar refractivity (Wildman–Crippen MR) is 359 cm³/mol. The molecule has 6 aromatic rings. The van der Waals surface area contributed by atoms with Crippen LogP contribution in [0, 0.1) is 13.8 Å². The van der Waals surface area contributed by atoms with Gasteiger partial charge in [-0.2, -0.15) is 87.8 Å². The number of hydrogen-bond acceptors (Lipinski definition) is 33. The zero-order chi connectivity index (χ0) is 76.7. The van der Waals surface area contributed by atoms with Crippen LogP contribution < -0.4 is 45.0 Å². The Morgan fingerprint density at radius 3 is 0.971 bits per heavy atom. The molecule has 562 valence electrons. The molecule has 0 fully saturated rings. The second-order valence-electron chi connectivity index (χ2n) is 20.8. The molecule has 0 aromatic heterocycles. The molecule has 0 saturated heterocycles. The molecule has 0 saturated carbocycles. The third-order valence-electron chi connectivity index (χ3n) is 13.0. The molecule has 0 aliphatic heterocycles. The van der Waals surface area contributed by atoms with Crippen molar-refractivity contribution in [1.82, 2.24) is 0 Å². The summed E-state index contributed by atoms with van der Waals surface area (Å²) in [7, 11) is -35.7. The number of amides is 2. The van der Waals surface area contributed by atoms with E-state index in [-0.39, 0.29) is 117 Å². The number of azo groups is 4. The molecule has 0 aliphatic carbocycles. The Balaban J connectivity index is 1.40.